The van der Waals surface area contributed by atoms with Gasteiger partial charge in [-0.3, -0.25) is 9.69 Å². The van der Waals surface area contributed by atoms with E-state index in [1.807, 2.05) is 12.1 Å². The summed E-state index contributed by atoms with van der Waals surface area (Å²) in [5.41, 5.74) is 7.33. The third-order valence-electron chi connectivity index (χ3n) is 7.36. The van der Waals surface area contributed by atoms with Gasteiger partial charge in [0.15, 0.2) is 5.82 Å². The number of carbonyl (C=O) groups excluding carboxylic acids is 1. The molecule has 4 aromatic rings. The molecule has 0 spiro atoms. The van der Waals surface area contributed by atoms with Crippen LogP contribution >= 0.6 is 0 Å². The number of carboxylic acids is 1. The Kier molecular flexibility index (Phi) is 7.44. The fraction of sp³-hybridized carbons (Fsp3) is 0.357. The van der Waals surface area contributed by atoms with Crippen LogP contribution in [0.5, 0.6) is 5.88 Å². The lowest BCUT2D eigenvalue weighted by Gasteiger charge is -2.35. The second-order valence-electron chi connectivity index (χ2n) is 10.1. The molecule has 3 aromatic heterocycles. The molecule has 2 fully saturated rings. The number of aromatic nitrogens is 5. The number of aromatic carboxylic acids is 1. The van der Waals surface area contributed by atoms with Crippen molar-refractivity contribution < 1.29 is 24.2 Å². The molecule has 1 atom stereocenters. The van der Waals surface area contributed by atoms with Gasteiger partial charge in [-0.05, 0) is 30.7 Å². The lowest BCUT2D eigenvalue weighted by molar-refractivity contribution is -0.0592. The fourth-order valence-electron chi connectivity index (χ4n) is 4.95. The van der Waals surface area contributed by atoms with Crippen LogP contribution in [0.25, 0.3) is 11.0 Å². The van der Waals surface area contributed by atoms with E-state index in [-0.39, 0.29) is 23.8 Å². The van der Waals surface area contributed by atoms with Gasteiger partial charge in [-0.1, -0.05) is 6.07 Å². The number of fused-ring (bicyclic) bond motifs is 1. The van der Waals surface area contributed by atoms with Crippen LogP contribution in [0.3, 0.4) is 0 Å². The summed E-state index contributed by atoms with van der Waals surface area (Å²) in [5, 5.41) is 9.49. The number of carbonyl (C=O) groups is 2. The predicted octanol–water partition coefficient (Wildman–Crippen LogP) is 1.71. The van der Waals surface area contributed by atoms with E-state index < -0.39 is 11.9 Å². The van der Waals surface area contributed by atoms with Crippen molar-refractivity contribution in [3.05, 3.63) is 71.6 Å². The highest BCUT2D eigenvalue weighted by atomic mass is 16.5. The number of pyridine rings is 1. The molecule has 0 bridgehead atoms. The Balaban J connectivity index is 1.09. The molecule has 0 radical (unpaired) electrons. The average molecular weight is 559 g/mol. The van der Waals surface area contributed by atoms with Crippen LogP contribution in [0.1, 0.15) is 38.8 Å². The normalized spacial score (nSPS) is 17.4. The number of nitrogens with two attached hydrogens (primary N) is 1. The molecule has 212 valence electrons. The third-order valence-corrected chi connectivity index (χ3v) is 7.36. The molecule has 1 unspecified atom stereocenters. The molecule has 1 amide bonds. The number of amides is 1. The average Bonchev–Trinajstić information content (AvgIpc) is 3.30. The number of anilines is 1. The van der Waals surface area contributed by atoms with E-state index in [2.05, 4.69) is 29.3 Å². The molecule has 2 aliphatic rings. The standard InChI is InChI=1S/C28H30N8O5/c29-27(37)19-13-30-23(31-14-19)17-41-26-3-1-2-24(33-26)35-9-7-34(8-10-35)16-25-32-21-5-4-18(28(38)39)12-22(21)36(25)15-20-6-11-40-20/h1-5,12-14,20H,6-11,15-17H2,(H2,29,37)(H,38,39). The molecule has 13 heteroatoms. The second-order valence-corrected chi connectivity index (χ2v) is 10.1. The highest BCUT2D eigenvalue weighted by molar-refractivity contribution is 5.92. The number of carboxylic acid groups (broad SMARTS) is 1. The van der Waals surface area contributed by atoms with Crippen LogP contribution in [-0.4, -0.2) is 85.3 Å². The van der Waals surface area contributed by atoms with E-state index >= 15 is 0 Å². The molecule has 5 heterocycles. The number of rotatable bonds is 10. The Hall–Kier alpha value is -4.62. The number of imidazole rings is 1. The highest BCUT2D eigenvalue weighted by Gasteiger charge is 2.25. The number of ether oxygens (including phenoxy) is 2. The van der Waals surface area contributed by atoms with Gasteiger partial charge in [0, 0.05) is 51.2 Å². The summed E-state index contributed by atoms with van der Waals surface area (Å²) in [6.45, 7) is 5.38. The van der Waals surface area contributed by atoms with Crippen molar-refractivity contribution in [1.29, 1.82) is 0 Å². The van der Waals surface area contributed by atoms with E-state index in [1.165, 1.54) is 12.4 Å². The zero-order valence-electron chi connectivity index (χ0n) is 22.3. The molecular formula is C28H30N8O5. The monoisotopic (exact) mass is 558 g/mol. The molecular weight excluding hydrogens is 528 g/mol. The third kappa shape index (κ3) is 5.95. The minimum Gasteiger partial charge on any atom is -0.478 e. The molecule has 2 aliphatic heterocycles. The van der Waals surface area contributed by atoms with Gasteiger partial charge in [-0.25, -0.2) is 19.7 Å². The first-order chi connectivity index (χ1) is 19.9. The predicted molar refractivity (Wildman–Crippen MR) is 148 cm³/mol. The van der Waals surface area contributed by atoms with Crippen LogP contribution in [0.15, 0.2) is 48.8 Å². The minimum atomic E-state index is -0.951. The first-order valence-electron chi connectivity index (χ1n) is 13.4. The molecule has 13 nitrogen and oxygen atoms in total. The van der Waals surface area contributed by atoms with Crippen molar-refractivity contribution in [3.8, 4) is 5.88 Å². The minimum absolute atomic E-state index is 0.115. The van der Waals surface area contributed by atoms with Crippen LogP contribution in [-0.2, 0) is 24.4 Å². The zero-order valence-corrected chi connectivity index (χ0v) is 22.3. The lowest BCUT2D eigenvalue weighted by atomic mass is 10.1. The molecule has 0 saturated carbocycles. The summed E-state index contributed by atoms with van der Waals surface area (Å²) in [6, 6.07) is 10.7. The van der Waals surface area contributed by atoms with Gasteiger partial charge in [-0.15, -0.1) is 0 Å². The summed E-state index contributed by atoms with van der Waals surface area (Å²) in [7, 11) is 0. The van der Waals surface area contributed by atoms with E-state index in [0.717, 1.165) is 61.9 Å². The van der Waals surface area contributed by atoms with Gasteiger partial charge in [0.25, 0.3) is 5.91 Å². The van der Waals surface area contributed by atoms with Crippen molar-refractivity contribution >= 4 is 28.7 Å². The summed E-state index contributed by atoms with van der Waals surface area (Å²) < 4.78 is 13.6. The van der Waals surface area contributed by atoms with E-state index in [4.69, 9.17) is 20.2 Å². The van der Waals surface area contributed by atoms with Crippen molar-refractivity contribution in [2.24, 2.45) is 5.73 Å². The Morgan fingerprint density at radius 3 is 2.51 bits per heavy atom. The van der Waals surface area contributed by atoms with E-state index in [0.29, 0.717) is 24.8 Å². The topological polar surface area (TPSA) is 162 Å². The number of primary amides is 1. The van der Waals surface area contributed by atoms with Crippen molar-refractivity contribution in [2.75, 3.05) is 37.7 Å². The smallest absolute Gasteiger partial charge is 0.335 e. The zero-order chi connectivity index (χ0) is 28.3. The van der Waals surface area contributed by atoms with Gasteiger partial charge < -0.3 is 29.8 Å². The summed E-state index contributed by atoms with van der Waals surface area (Å²) >= 11 is 0. The maximum absolute atomic E-state index is 11.6. The van der Waals surface area contributed by atoms with Crippen molar-refractivity contribution in [2.45, 2.75) is 32.2 Å². The number of hydrogen-bond donors (Lipinski definition) is 2. The first-order valence-corrected chi connectivity index (χ1v) is 13.4. The maximum Gasteiger partial charge on any atom is 0.335 e. The van der Waals surface area contributed by atoms with Gasteiger partial charge in [0.05, 0.1) is 41.4 Å². The quantitative estimate of drug-likeness (QED) is 0.291. The number of piperazine rings is 1. The van der Waals surface area contributed by atoms with Gasteiger partial charge in [0.2, 0.25) is 5.88 Å². The Morgan fingerprint density at radius 1 is 1.05 bits per heavy atom. The first kappa shape index (κ1) is 26.6. The van der Waals surface area contributed by atoms with Crippen molar-refractivity contribution in [1.82, 2.24) is 29.4 Å². The largest absolute Gasteiger partial charge is 0.478 e. The lowest BCUT2D eigenvalue weighted by Crippen LogP contribution is -2.46. The molecule has 41 heavy (non-hydrogen) atoms. The van der Waals surface area contributed by atoms with Crippen LogP contribution in [0.4, 0.5) is 5.82 Å². The van der Waals surface area contributed by atoms with E-state index in [1.54, 1.807) is 24.3 Å². The molecule has 3 N–H and O–H groups in total. The maximum atomic E-state index is 11.6. The summed E-state index contributed by atoms with van der Waals surface area (Å²) in [4.78, 5) is 45.1. The van der Waals surface area contributed by atoms with E-state index in [9.17, 15) is 14.7 Å². The summed E-state index contributed by atoms with van der Waals surface area (Å²) in [6.07, 6.45) is 3.86. The molecule has 1 aromatic carbocycles. The Morgan fingerprint density at radius 2 is 1.83 bits per heavy atom. The Bertz CT molecular complexity index is 1560. The van der Waals surface area contributed by atoms with Crippen LogP contribution in [0, 0.1) is 0 Å². The van der Waals surface area contributed by atoms with Gasteiger partial charge in [-0.2, -0.15) is 4.98 Å². The van der Waals surface area contributed by atoms with Crippen LogP contribution < -0.4 is 15.4 Å². The number of hydrogen-bond acceptors (Lipinski definition) is 10. The molecule has 0 aliphatic carbocycles. The fourth-order valence-corrected chi connectivity index (χ4v) is 4.95. The number of nitrogens with zero attached hydrogens (tertiary/aromatic N) is 7. The Labute approximate surface area is 235 Å². The van der Waals surface area contributed by atoms with Crippen molar-refractivity contribution in [3.63, 3.8) is 0 Å². The SMILES string of the molecule is NC(=O)c1cnc(COc2cccc(N3CCN(Cc4nc5ccc(C(=O)O)cc5n4CC4CCO4)CC3)n2)nc1. The number of benzene rings is 1. The highest BCUT2D eigenvalue weighted by Crippen LogP contribution is 2.24. The van der Waals surface area contributed by atoms with Gasteiger partial charge in [0.1, 0.15) is 18.2 Å². The summed E-state index contributed by atoms with van der Waals surface area (Å²) in [5.74, 6) is 1.08. The van der Waals surface area contributed by atoms with Crippen LogP contribution in [0.2, 0.25) is 0 Å². The van der Waals surface area contributed by atoms with Gasteiger partial charge >= 0.3 is 5.97 Å². The molecule has 6 rings (SSSR count). The molecule has 2 saturated heterocycles. The second kappa shape index (κ2) is 11.5.